The quantitative estimate of drug-likeness (QED) is 0.535. The lowest BCUT2D eigenvalue weighted by molar-refractivity contribution is -0.384. The Bertz CT molecular complexity index is 1000. The van der Waals surface area contributed by atoms with Gasteiger partial charge in [-0.2, -0.15) is 0 Å². The zero-order valence-corrected chi connectivity index (χ0v) is 14.1. The number of fused-ring (bicyclic) bond motifs is 1. The Morgan fingerprint density at radius 1 is 0.889 bits per heavy atom. The van der Waals surface area contributed by atoms with Crippen LogP contribution in [0.5, 0.6) is 11.5 Å². The molecule has 4 rings (SSSR count). The van der Waals surface area contributed by atoms with Crippen LogP contribution in [0.3, 0.4) is 0 Å². The van der Waals surface area contributed by atoms with Crippen molar-refractivity contribution in [2.75, 3.05) is 5.32 Å². The van der Waals surface area contributed by atoms with Crippen molar-refractivity contribution in [3.05, 3.63) is 94.0 Å². The van der Waals surface area contributed by atoms with E-state index in [9.17, 15) is 14.9 Å². The Kier molecular flexibility index (Phi) is 4.18. The molecule has 1 atom stereocenters. The number of amides is 1. The fourth-order valence-corrected chi connectivity index (χ4v) is 2.88. The van der Waals surface area contributed by atoms with Crippen LogP contribution in [0.1, 0.15) is 22.1 Å². The molecule has 27 heavy (non-hydrogen) atoms. The lowest BCUT2D eigenvalue weighted by Crippen LogP contribution is -2.38. The van der Waals surface area contributed by atoms with E-state index in [1.165, 1.54) is 12.1 Å². The lowest BCUT2D eigenvalue weighted by atomic mass is 10.0. The molecule has 0 aliphatic carbocycles. The van der Waals surface area contributed by atoms with E-state index >= 15 is 0 Å². The Morgan fingerprint density at radius 3 is 2.30 bits per heavy atom. The zero-order valence-electron chi connectivity index (χ0n) is 14.1. The van der Waals surface area contributed by atoms with Gasteiger partial charge in [0.05, 0.1) is 10.5 Å². The number of nitrogens with one attached hydrogen (secondary N) is 2. The molecule has 1 amide bonds. The Hall–Kier alpha value is -3.87. The number of ether oxygens (including phenoxy) is 1. The normalized spacial score (nSPS) is 15.3. The number of para-hydroxylation sites is 1. The standard InChI is InChI=1S/C20H15N3O4/c24-20-17-12-14(23(25)26)8-11-18(17)21-19(22-20)13-6-9-16(10-7-13)27-15-4-2-1-3-5-15/h1-12,19,21H,(H,22,24). The van der Waals surface area contributed by atoms with Crippen LogP contribution in [0, 0.1) is 10.1 Å². The molecular weight excluding hydrogens is 346 g/mol. The highest BCUT2D eigenvalue weighted by atomic mass is 16.6. The molecule has 7 nitrogen and oxygen atoms in total. The highest BCUT2D eigenvalue weighted by Gasteiger charge is 2.26. The van der Waals surface area contributed by atoms with Crippen molar-refractivity contribution >= 4 is 17.3 Å². The van der Waals surface area contributed by atoms with Gasteiger partial charge in [0, 0.05) is 17.8 Å². The second-order valence-electron chi connectivity index (χ2n) is 6.02. The van der Waals surface area contributed by atoms with Crippen molar-refractivity contribution in [3.8, 4) is 11.5 Å². The molecule has 7 heteroatoms. The predicted molar refractivity (Wildman–Crippen MR) is 99.9 cm³/mol. The first kappa shape index (κ1) is 16.6. The van der Waals surface area contributed by atoms with Crippen LogP contribution in [0.15, 0.2) is 72.8 Å². The fourth-order valence-electron chi connectivity index (χ4n) is 2.88. The lowest BCUT2D eigenvalue weighted by Gasteiger charge is -2.28. The van der Waals surface area contributed by atoms with Crippen LogP contribution in [-0.4, -0.2) is 10.8 Å². The third kappa shape index (κ3) is 3.43. The molecule has 0 saturated carbocycles. The second-order valence-corrected chi connectivity index (χ2v) is 6.02. The van der Waals surface area contributed by atoms with E-state index < -0.39 is 11.1 Å². The number of hydrogen-bond donors (Lipinski definition) is 2. The van der Waals surface area contributed by atoms with Crippen LogP contribution in [-0.2, 0) is 0 Å². The maximum Gasteiger partial charge on any atom is 0.270 e. The third-order valence-corrected chi connectivity index (χ3v) is 4.23. The molecular formula is C20H15N3O4. The summed E-state index contributed by atoms with van der Waals surface area (Å²) in [6.07, 6.45) is -0.433. The number of hydrogen-bond acceptors (Lipinski definition) is 5. The number of nitro groups is 1. The van der Waals surface area contributed by atoms with Crippen molar-refractivity contribution in [1.82, 2.24) is 5.32 Å². The summed E-state index contributed by atoms with van der Waals surface area (Å²) in [6, 6.07) is 21.0. The van der Waals surface area contributed by atoms with Crippen molar-refractivity contribution < 1.29 is 14.5 Å². The number of non-ortho nitro benzene ring substituents is 1. The minimum absolute atomic E-state index is 0.119. The molecule has 1 heterocycles. The maximum atomic E-state index is 12.4. The van der Waals surface area contributed by atoms with Crippen molar-refractivity contribution in [2.45, 2.75) is 6.17 Å². The number of nitro benzene ring substituents is 1. The van der Waals surface area contributed by atoms with Gasteiger partial charge in [0.2, 0.25) is 0 Å². The average Bonchev–Trinajstić information content (AvgIpc) is 2.69. The van der Waals surface area contributed by atoms with E-state index in [-0.39, 0.29) is 17.2 Å². The first-order valence-electron chi connectivity index (χ1n) is 8.29. The summed E-state index contributed by atoms with van der Waals surface area (Å²) in [6.45, 7) is 0. The van der Waals surface area contributed by atoms with Crippen LogP contribution in [0.4, 0.5) is 11.4 Å². The van der Waals surface area contributed by atoms with E-state index in [0.717, 1.165) is 11.3 Å². The Balaban J connectivity index is 1.53. The summed E-state index contributed by atoms with van der Waals surface area (Å²) in [7, 11) is 0. The maximum absolute atomic E-state index is 12.4. The Morgan fingerprint density at radius 2 is 1.59 bits per heavy atom. The van der Waals surface area contributed by atoms with Gasteiger partial charge in [-0.3, -0.25) is 14.9 Å². The van der Waals surface area contributed by atoms with Crippen LogP contribution >= 0.6 is 0 Å². The minimum atomic E-state index is -0.523. The predicted octanol–water partition coefficient (Wildman–Crippen LogP) is 4.24. The molecule has 2 N–H and O–H groups in total. The van der Waals surface area contributed by atoms with E-state index in [1.54, 1.807) is 6.07 Å². The van der Waals surface area contributed by atoms with Crippen LogP contribution in [0.25, 0.3) is 0 Å². The van der Waals surface area contributed by atoms with E-state index in [2.05, 4.69) is 10.6 Å². The van der Waals surface area contributed by atoms with Gasteiger partial charge in [-0.15, -0.1) is 0 Å². The monoisotopic (exact) mass is 361 g/mol. The smallest absolute Gasteiger partial charge is 0.270 e. The van der Waals surface area contributed by atoms with Gasteiger partial charge in [-0.05, 0) is 35.9 Å². The molecule has 0 saturated heterocycles. The van der Waals surface area contributed by atoms with Crippen molar-refractivity contribution in [1.29, 1.82) is 0 Å². The molecule has 3 aromatic rings. The zero-order chi connectivity index (χ0) is 18.8. The molecule has 134 valence electrons. The number of benzene rings is 3. The third-order valence-electron chi connectivity index (χ3n) is 4.23. The number of carbonyl (C=O) groups is 1. The van der Waals surface area contributed by atoms with Crippen LogP contribution in [0.2, 0.25) is 0 Å². The molecule has 0 radical (unpaired) electrons. The van der Waals surface area contributed by atoms with Gasteiger partial charge in [0.1, 0.15) is 17.7 Å². The molecule has 0 bridgehead atoms. The molecule has 0 spiro atoms. The van der Waals surface area contributed by atoms with Gasteiger partial charge in [-0.1, -0.05) is 30.3 Å². The number of rotatable bonds is 4. The number of anilines is 1. The summed E-state index contributed by atoms with van der Waals surface area (Å²) >= 11 is 0. The van der Waals surface area contributed by atoms with Gasteiger partial charge >= 0.3 is 0 Å². The molecule has 1 aliphatic rings. The molecule has 1 unspecified atom stereocenters. The van der Waals surface area contributed by atoms with Gasteiger partial charge < -0.3 is 15.4 Å². The van der Waals surface area contributed by atoms with Gasteiger partial charge in [0.15, 0.2) is 0 Å². The number of carbonyl (C=O) groups excluding carboxylic acids is 1. The molecule has 3 aromatic carbocycles. The molecule has 1 aliphatic heterocycles. The summed E-state index contributed by atoms with van der Waals surface area (Å²) < 4.78 is 5.76. The average molecular weight is 361 g/mol. The molecule has 0 fully saturated rings. The Labute approximate surface area is 154 Å². The van der Waals surface area contributed by atoms with E-state index in [4.69, 9.17) is 4.74 Å². The van der Waals surface area contributed by atoms with Crippen LogP contribution < -0.4 is 15.4 Å². The second kappa shape index (κ2) is 6.80. The summed E-state index contributed by atoms with van der Waals surface area (Å²) in [5.74, 6) is 1.06. The number of nitrogens with zero attached hydrogens (tertiary/aromatic N) is 1. The first-order valence-corrected chi connectivity index (χ1v) is 8.29. The summed E-state index contributed by atoms with van der Waals surface area (Å²) in [5, 5.41) is 16.9. The van der Waals surface area contributed by atoms with Gasteiger partial charge in [0.25, 0.3) is 11.6 Å². The van der Waals surface area contributed by atoms with E-state index in [0.29, 0.717) is 11.4 Å². The fraction of sp³-hybridized carbons (Fsp3) is 0.0500. The highest BCUT2D eigenvalue weighted by molar-refractivity contribution is 6.02. The summed E-state index contributed by atoms with van der Waals surface area (Å²) in [4.78, 5) is 22.7. The SMILES string of the molecule is O=C1NC(c2ccc(Oc3ccccc3)cc2)Nc2ccc([N+](=O)[O-])cc21. The molecule has 0 aromatic heterocycles. The van der Waals surface area contributed by atoms with Crippen molar-refractivity contribution in [2.24, 2.45) is 0 Å². The van der Waals surface area contributed by atoms with Gasteiger partial charge in [-0.25, -0.2) is 0 Å². The van der Waals surface area contributed by atoms with Crippen molar-refractivity contribution in [3.63, 3.8) is 0 Å². The topological polar surface area (TPSA) is 93.5 Å². The highest BCUT2D eigenvalue weighted by Crippen LogP contribution is 2.30. The minimum Gasteiger partial charge on any atom is -0.457 e. The van der Waals surface area contributed by atoms with E-state index in [1.807, 2.05) is 54.6 Å². The largest absolute Gasteiger partial charge is 0.457 e. The summed E-state index contributed by atoms with van der Waals surface area (Å²) in [5.41, 5.74) is 1.53. The first-order chi connectivity index (χ1) is 13.1.